The molecule has 0 aliphatic rings. The number of benzene rings is 4. The summed E-state index contributed by atoms with van der Waals surface area (Å²) in [4.78, 5) is 42.7. The van der Waals surface area contributed by atoms with Gasteiger partial charge in [-0.05, 0) is 62.4 Å². The number of pyridine rings is 2. The minimum absolute atomic E-state index is 0.0833. The molecule has 6 rings (SSSR count). The molecule has 0 unspecified atom stereocenters. The molecule has 2 N–H and O–H groups in total. The van der Waals surface area contributed by atoms with Gasteiger partial charge in [-0.1, -0.05) is 83.2 Å². The average Bonchev–Trinajstić information content (AvgIpc) is 3.00. The van der Waals surface area contributed by atoms with Crippen LogP contribution in [0.2, 0.25) is 0 Å². The summed E-state index contributed by atoms with van der Waals surface area (Å²) in [6.07, 6.45) is 3.57. The van der Waals surface area contributed by atoms with E-state index in [9.17, 15) is 9.59 Å². The number of aromatic nitrogens is 2. The summed E-state index contributed by atoms with van der Waals surface area (Å²) >= 11 is 2.99. The third kappa shape index (κ3) is 7.00. The lowest BCUT2D eigenvalue weighted by Crippen LogP contribution is -2.04. The molecular weight excluding hydrogens is 537 g/mol. The summed E-state index contributed by atoms with van der Waals surface area (Å²) in [7, 11) is 0. The number of aryl methyl sites for hydroxylation is 2. The molecule has 5 nitrogen and oxygen atoms in total. The van der Waals surface area contributed by atoms with Crippen LogP contribution in [0.15, 0.2) is 139 Å². The summed E-state index contributed by atoms with van der Waals surface area (Å²) in [5, 5.41) is 1.47. The van der Waals surface area contributed by atoms with Crippen molar-refractivity contribution in [2.45, 2.75) is 33.4 Å². The second-order valence-electron chi connectivity index (χ2n) is 8.89. The van der Waals surface area contributed by atoms with Gasteiger partial charge in [-0.15, -0.1) is 0 Å². The number of fused-ring (bicyclic) bond motifs is 2. The molecule has 0 spiro atoms. The van der Waals surface area contributed by atoms with E-state index in [1.165, 1.54) is 34.7 Å². The Bertz CT molecular complexity index is 1710. The molecule has 2 heterocycles. The number of nitrogens with one attached hydrogen (secondary N) is 2. The van der Waals surface area contributed by atoms with Crippen molar-refractivity contribution in [1.82, 2.24) is 9.97 Å². The highest BCUT2D eigenvalue weighted by molar-refractivity contribution is 7.99. The van der Waals surface area contributed by atoms with E-state index in [1.54, 1.807) is 12.4 Å². The van der Waals surface area contributed by atoms with Crippen molar-refractivity contribution in [2.24, 2.45) is 0 Å². The van der Waals surface area contributed by atoms with Crippen molar-refractivity contribution in [1.29, 1.82) is 0 Å². The Morgan fingerprint density at radius 1 is 0.525 bits per heavy atom. The maximum atomic E-state index is 12.4. The van der Waals surface area contributed by atoms with Crippen molar-refractivity contribution >= 4 is 52.1 Å². The van der Waals surface area contributed by atoms with Crippen molar-refractivity contribution < 1.29 is 4.79 Å². The monoisotopic (exact) mass is 564 g/mol. The van der Waals surface area contributed by atoms with Crippen molar-refractivity contribution in [2.75, 3.05) is 0 Å². The zero-order valence-corrected chi connectivity index (χ0v) is 23.8. The van der Waals surface area contributed by atoms with E-state index in [0.29, 0.717) is 0 Å². The van der Waals surface area contributed by atoms with Crippen LogP contribution in [-0.2, 0) is 4.79 Å². The standard InChI is InChI=1S/2C16H13NOS.CH2O/c2*1-11-6-8-12(9-7-11)19-15-10-17-14-5-3-2-4-13(14)16(15)18;1-2/h2*2-10H,1H3,(H,17,18);1H2. The van der Waals surface area contributed by atoms with Crippen LogP contribution in [-0.4, -0.2) is 16.8 Å². The summed E-state index contributed by atoms with van der Waals surface area (Å²) in [5.41, 5.74) is 4.36. The molecule has 0 radical (unpaired) electrons. The lowest BCUT2D eigenvalue weighted by atomic mass is 10.2. The first kappa shape index (κ1) is 28.7. The zero-order valence-electron chi connectivity index (χ0n) is 22.1. The Labute approximate surface area is 240 Å². The van der Waals surface area contributed by atoms with Crippen LogP contribution >= 0.6 is 23.5 Å². The van der Waals surface area contributed by atoms with Gasteiger partial charge in [0.15, 0.2) is 0 Å². The normalized spacial score (nSPS) is 10.3. The number of carbonyl (C=O) groups is 1. The fraction of sp³-hybridized carbons (Fsp3) is 0.0606. The van der Waals surface area contributed by atoms with Gasteiger partial charge in [0, 0.05) is 44.0 Å². The van der Waals surface area contributed by atoms with E-state index >= 15 is 0 Å². The van der Waals surface area contributed by atoms with E-state index in [2.05, 4.69) is 48.1 Å². The predicted molar refractivity (Wildman–Crippen MR) is 167 cm³/mol. The predicted octanol–water partition coefficient (Wildman–Crippen LogP) is 7.79. The average molecular weight is 565 g/mol. The van der Waals surface area contributed by atoms with Crippen LogP contribution in [0.3, 0.4) is 0 Å². The maximum absolute atomic E-state index is 12.4. The summed E-state index contributed by atoms with van der Waals surface area (Å²) < 4.78 is 0. The Kier molecular flexibility index (Phi) is 9.78. The zero-order chi connectivity index (χ0) is 28.5. The van der Waals surface area contributed by atoms with Crippen LogP contribution in [0.4, 0.5) is 0 Å². The number of aromatic amines is 2. The van der Waals surface area contributed by atoms with Crippen LogP contribution in [0.5, 0.6) is 0 Å². The molecule has 0 aliphatic carbocycles. The molecule has 0 fully saturated rings. The van der Waals surface area contributed by atoms with Crippen LogP contribution in [0.25, 0.3) is 21.8 Å². The minimum Gasteiger partial charge on any atom is -0.360 e. The molecule has 7 heteroatoms. The molecule has 0 aliphatic heterocycles. The fourth-order valence-electron chi connectivity index (χ4n) is 3.92. The number of rotatable bonds is 4. The largest absolute Gasteiger partial charge is 0.360 e. The molecule has 0 saturated heterocycles. The molecule has 0 amide bonds. The third-order valence-corrected chi connectivity index (χ3v) is 8.07. The maximum Gasteiger partial charge on any atom is 0.203 e. The van der Waals surface area contributed by atoms with Crippen LogP contribution in [0.1, 0.15) is 11.1 Å². The highest BCUT2D eigenvalue weighted by Gasteiger charge is 2.07. The van der Waals surface area contributed by atoms with Gasteiger partial charge in [0.2, 0.25) is 10.9 Å². The molecule has 0 saturated carbocycles. The van der Waals surface area contributed by atoms with E-state index in [4.69, 9.17) is 4.79 Å². The van der Waals surface area contributed by atoms with Gasteiger partial charge in [0.05, 0.1) is 9.79 Å². The van der Waals surface area contributed by atoms with Gasteiger partial charge in [-0.2, -0.15) is 0 Å². The number of para-hydroxylation sites is 2. The first-order chi connectivity index (χ1) is 19.5. The second-order valence-corrected chi connectivity index (χ2v) is 11.1. The van der Waals surface area contributed by atoms with Gasteiger partial charge in [-0.3, -0.25) is 9.59 Å². The van der Waals surface area contributed by atoms with E-state index in [-0.39, 0.29) is 10.9 Å². The van der Waals surface area contributed by atoms with Gasteiger partial charge in [0.25, 0.3) is 0 Å². The molecule has 0 atom stereocenters. The van der Waals surface area contributed by atoms with E-state index < -0.39 is 0 Å². The van der Waals surface area contributed by atoms with Gasteiger partial charge < -0.3 is 14.8 Å². The highest BCUT2D eigenvalue weighted by Crippen LogP contribution is 2.27. The molecule has 0 bridgehead atoms. The third-order valence-electron chi connectivity index (χ3n) is 6.01. The Morgan fingerprint density at radius 2 is 0.875 bits per heavy atom. The number of hydrogen-bond acceptors (Lipinski definition) is 5. The summed E-state index contributed by atoms with van der Waals surface area (Å²) in [6.45, 7) is 6.11. The highest BCUT2D eigenvalue weighted by atomic mass is 32.2. The number of hydrogen-bond donors (Lipinski definition) is 2. The van der Waals surface area contributed by atoms with Crippen LogP contribution < -0.4 is 10.9 Å². The molecule has 40 heavy (non-hydrogen) atoms. The van der Waals surface area contributed by atoms with Crippen molar-refractivity contribution in [3.63, 3.8) is 0 Å². The smallest absolute Gasteiger partial charge is 0.203 e. The molecule has 6 aromatic rings. The fourth-order valence-corrected chi connectivity index (χ4v) is 5.61. The van der Waals surface area contributed by atoms with Crippen LogP contribution in [0, 0.1) is 13.8 Å². The minimum atomic E-state index is 0.0833. The lowest BCUT2D eigenvalue weighted by Gasteiger charge is -2.03. The quantitative estimate of drug-likeness (QED) is 0.228. The first-order valence-electron chi connectivity index (χ1n) is 12.5. The van der Waals surface area contributed by atoms with Gasteiger partial charge >= 0.3 is 0 Å². The Balaban J connectivity index is 0.000000174. The van der Waals surface area contributed by atoms with E-state index in [1.807, 2.05) is 79.6 Å². The SMILES string of the molecule is C=O.Cc1ccc(Sc2c[nH]c3ccccc3c2=O)cc1.Cc1ccc(Sc2c[nH]c3ccccc3c2=O)cc1. The molecule has 2 aromatic heterocycles. The second kappa shape index (κ2) is 13.6. The van der Waals surface area contributed by atoms with Gasteiger partial charge in [0.1, 0.15) is 6.79 Å². The first-order valence-corrected chi connectivity index (χ1v) is 14.1. The lowest BCUT2D eigenvalue weighted by molar-refractivity contribution is -0.0979. The molecule has 4 aromatic carbocycles. The topological polar surface area (TPSA) is 82.8 Å². The van der Waals surface area contributed by atoms with Crippen molar-refractivity contribution in [3.8, 4) is 0 Å². The summed E-state index contributed by atoms with van der Waals surface area (Å²) in [6, 6.07) is 31.5. The number of H-pyrrole nitrogens is 2. The summed E-state index contributed by atoms with van der Waals surface area (Å²) in [5.74, 6) is 0. The Hall–Kier alpha value is -4.33. The Morgan fingerprint density at radius 3 is 1.25 bits per heavy atom. The number of carbonyl (C=O) groups excluding carboxylic acids is 1. The van der Waals surface area contributed by atoms with E-state index in [0.717, 1.165) is 41.4 Å². The van der Waals surface area contributed by atoms with Gasteiger partial charge in [-0.25, -0.2) is 0 Å². The van der Waals surface area contributed by atoms with Crippen molar-refractivity contribution in [3.05, 3.63) is 141 Å². The molecule has 200 valence electrons. The molecular formula is C33H28N2O3S2.